The summed E-state index contributed by atoms with van der Waals surface area (Å²) in [5.41, 5.74) is 0. The van der Waals surface area contributed by atoms with Gasteiger partial charge >= 0.3 is 64.9 Å². The zero-order chi connectivity index (χ0) is 20.9. The second-order valence-electron chi connectivity index (χ2n) is 12.6. The number of halogens is 3. The number of fused-ring (bicyclic) bond motifs is 18. The molecule has 0 nitrogen and oxygen atoms in total. The van der Waals surface area contributed by atoms with Gasteiger partial charge in [-0.1, -0.05) is 24.3 Å². The van der Waals surface area contributed by atoms with Crippen LogP contribution in [0.1, 0.15) is 57.8 Å². The Labute approximate surface area is 227 Å². The summed E-state index contributed by atoms with van der Waals surface area (Å²) in [6.45, 7) is 0. The van der Waals surface area contributed by atoms with Crippen LogP contribution in [0.4, 0.5) is 0 Å². The third kappa shape index (κ3) is 3.62. The quantitative estimate of drug-likeness (QED) is 0.149. The molecule has 14 atom stereocenters. The van der Waals surface area contributed by atoms with E-state index in [-0.39, 0.29) is 4.92 Å². The summed E-state index contributed by atoms with van der Waals surface area (Å²) in [6, 6.07) is 0. The predicted molar refractivity (Wildman–Crippen MR) is 151 cm³/mol. The standard InChI is InChI=1S/C27H36.3HI.V/c1-3-20-12-22(26-18-7-5-16(10-18)24(20)26)14(1)9-15-2-4-21-13-23(15)27-19-8-6-17(11-19)25(21)27;;;;/h5-8,14-27H,1-4,9-13H2;3*1H;/q;;;;+3/p-3. The fourth-order valence-electron chi connectivity index (χ4n) is 11.6. The third-order valence-electron chi connectivity index (χ3n) is 12.0. The topological polar surface area (TPSA) is 0 Å². The van der Waals surface area contributed by atoms with Crippen LogP contribution in [-0.4, -0.2) is 0 Å². The Hall–Kier alpha value is 2.25. The van der Waals surface area contributed by atoms with Gasteiger partial charge in [0.1, 0.15) is 0 Å². The SMILES string of the molecule is C1=CC2CC1C1C3CCC(CC4CCC5CC4C4C6C=CC(C6)C54)C(C3)C21.[I][V]([I])[I]. The first-order chi connectivity index (χ1) is 15.1. The van der Waals surface area contributed by atoms with Crippen molar-refractivity contribution in [2.75, 3.05) is 0 Å². The molecule has 8 bridgehead atoms. The number of hydrogen-bond acceptors (Lipinski definition) is 0. The molecule has 14 unspecified atom stereocenters. The Morgan fingerprint density at radius 2 is 0.935 bits per heavy atom. The molecule has 8 aliphatic carbocycles. The zero-order valence-corrected chi connectivity index (χ0v) is 26.2. The van der Waals surface area contributed by atoms with E-state index >= 15 is 0 Å². The molecular formula is C27H36I3V. The molecule has 0 amide bonds. The van der Waals surface area contributed by atoms with Gasteiger partial charge in [-0.15, -0.1) is 0 Å². The molecule has 6 fully saturated rings. The van der Waals surface area contributed by atoms with Crippen LogP contribution < -0.4 is 0 Å². The maximum absolute atomic E-state index is 2.65. The Morgan fingerprint density at radius 1 is 0.548 bits per heavy atom. The summed E-state index contributed by atoms with van der Waals surface area (Å²) in [7, 11) is 0. The molecule has 0 heterocycles. The van der Waals surface area contributed by atoms with Crippen LogP contribution in [0.15, 0.2) is 24.3 Å². The van der Waals surface area contributed by atoms with Crippen molar-refractivity contribution in [1.82, 2.24) is 0 Å². The van der Waals surface area contributed by atoms with Gasteiger partial charge in [0, 0.05) is 0 Å². The molecule has 0 aromatic rings. The molecule has 6 saturated carbocycles. The predicted octanol–water partition coefficient (Wildman–Crippen LogP) is 9.00. The van der Waals surface area contributed by atoms with Gasteiger partial charge in [-0.25, -0.2) is 0 Å². The second-order valence-corrected chi connectivity index (χ2v) is 48.0. The van der Waals surface area contributed by atoms with Crippen LogP contribution in [0.25, 0.3) is 0 Å². The number of hydrogen-bond donors (Lipinski definition) is 0. The Kier molecular flexibility index (Phi) is 6.29. The molecule has 31 heavy (non-hydrogen) atoms. The summed E-state index contributed by atoms with van der Waals surface area (Å²) < 4.78 is 0. The fraction of sp³-hybridized carbons (Fsp3) is 0.852. The van der Waals surface area contributed by atoms with Crippen molar-refractivity contribution in [1.29, 1.82) is 0 Å². The molecule has 0 N–H and O–H groups in total. The summed E-state index contributed by atoms with van der Waals surface area (Å²) in [6.07, 6.45) is 25.0. The first-order valence-corrected chi connectivity index (χ1v) is 26.7. The van der Waals surface area contributed by atoms with E-state index in [1.165, 1.54) is 0 Å². The van der Waals surface area contributed by atoms with Gasteiger partial charge < -0.3 is 0 Å². The van der Waals surface area contributed by atoms with E-state index < -0.39 is 0 Å². The molecule has 170 valence electrons. The molecule has 4 heteroatoms. The first-order valence-electron chi connectivity index (χ1n) is 13.2. The molecule has 8 rings (SSSR count). The van der Waals surface area contributed by atoms with Crippen molar-refractivity contribution < 1.29 is 4.92 Å². The molecule has 0 radical (unpaired) electrons. The van der Waals surface area contributed by atoms with E-state index in [0.717, 1.165) is 82.9 Å². The summed E-state index contributed by atoms with van der Waals surface area (Å²) in [5.74, 6) is 15.2. The summed E-state index contributed by atoms with van der Waals surface area (Å²) in [5, 5.41) is 0. The maximum atomic E-state index is 2.65. The van der Waals surface area contributed by atoms with Crippen LogP contribution >= 0.6 is 59.9 Å². The van der Waals surface area contributed by atoms with Crippen molar-refractivity contribution in [3.05, 3.63) is 24.3 Å². The van der Waals surface area contributed by atoms with Gasteiger partial charge in [0.05, 0.1) is 0 Å². The van der Waals surface area contributed by atoms with E-state index in [4.69, 9.17) is 0 Å². The molecule has 0 spiro atoms. The van der Waals surface area contributed by atoms with E-state index in [2.05, 4.69) is 84.2 Å². The first kappa shape index (κ1) is 22.5. The van der Waals surface area contributed by atoms with Crippen molar-refractivity contribution in [3.8, 4) is 0 Å². The van der Waals surface area contributed by atoms with Gasteiger partial charge in [0.2, 0.25) is 0 Å². The molecular weight excluding hydrogens is 756 g/mol. The van der Waals surface area contributed by atoms with Crippen molar-refractivity contribution in [2.24, 2.45) is 82.9 Å². The minimum absolute atomic E-state index is 0.278. The number of rotatable bonds is 2. The summed E-state index contributed by atoms with van der Waals surface area (Å²) >= 11 is 7.39. The molecule has 0 aliphatic heterocycles. The Bertz CT molecular complexity index is 716. The molecule has 0 aromatic carbocycles. The van der Waals surface area contributed by atoms with Gasteiger partial charge in [0.15, 0.2) is 0 Å². The van der Waals surface area contributed by atoms with Gasteiger partial charge in [0.25, 0.3) is 0 Å². The average molecular weight is 792 g/mol. The van der Waals surface area contributed by atoms with Crippen LogP contribution in [0.5, 0.6) is 0 Å². The van der Waals surface area contributed by atoms with Gasteiger partial charge in [-0.2, -0.15) is 0 Å². The van der Waals surface area contributed by atoms with E-state index in [1.807, 2.05) is 0 Å². The van der Waals surface area contributed by atoms with Crippen LogP contribution in [0.2, 0.25) is 0 Å². The van der Waals surface area contributed by atoms with Crippen LogP contribution in [0, 0.1) is 82.9 Å². The Balaban J connectivity index is 0.000000398. The minimum atomic E-state index is -0.278. The number of allylic oxidation sites excluding steroid dienone is 4. The zero-order valence-electron chi connectivity index (χ0n) is 18.3. The normalized spacial score (nSPS) is 58.6. The van der Waals surface area contributed by atoms with Crippen LogP contribution in [-0.2, 0) is 4.92 Å². The van der Waals surface area contributed by atoms with Crippen LogP contribution in [0.3, 0.4) is 0 Å². The summed E-state index contributed by atoms with van der Waals surface area (Å²) in [4.78, 5) is -0.278. The fourth-order valence-corrected chi connectivity index (χ4v) is 11.6. The monoisotopic (exact) mass is 792 g/mol. The Morgan fingerprint density at radius 3 is 1.35 bits per heavy atom. The van der Waals surface area contributed by atoms with Gasteiger partial charge in [-0.3, -0.25) is 0 Å². The van der Waals surface area contributed by atoms with E-state index in [0.29, 0.717) is 0 Å². The van der Waals surface area contributed by atoms with Gasteiger partial charge in [-0.05, 0) is 141 Å². The van der Waals surface area contributed by atoms with E-state index in [1.54, 1.807) is 57.8 Å². The second kappa shape index (κ2) is 8.68. The van der Waals surface area contributed by atoms with Crippen molar-refractivity contribution in [3.63, 3.8) is 0 Å². The van der Waals surface area contributed by atoms with Crippen molar-refractivity contribution >= 4 is 59.9 Å². The molecule has 0 saturated heterocycles. The van der Waals surface area contributed by atoms with Crippen molar-refractivity contribution in [2.45, 2.75) is 57.8 Å². The molecule has 8 aliphatic rings. The van der Waals surface area contributed by atoms with E-state index in [9.17, 15) is 0 Å². The average Bonchev–Trinajstić information content (AvgIpc) is 3.57. The third-order valence-corrected chi connectivity index (χ3v) is 12.0. The molecule has 0 aromatic heterocycles.